The maximum absolute atomic E-state index is 12.0. The summed E-state index contributed by atoms with van der Waals surface area (Å²) >= 11 is 0. The predicted molar refractivity (Wildman–Crippen MR) is 278 cm³/mol. The molecule has 67 heavy (non-hydrogen) atoms. The molecule has 0 bridgehead atoms. The van der Waals surface area contributed by atoms with Crippen LogP contribution in [0.15, 0.2) is 199 Å². The number of imidazole rings is 1. The summed E-state index contributed by atoms with van der Waals surface area (Å²) < 4.78 is 8.48. The molecule has 3 aromatic heterocycles. The Morgan fingerprint density at radius 3 is 1.84 bits per heavy atom. The second kappa shape index (κ2) is 16.1. The van der Waals surface area contributed by atoms with Gasteiger partial charge in [0.2, 0.25) is 0 Å². The maximum Gasteiger partial charge on any atom is 0.149 e. The summed E-state index contributed by atoms with van der Waals surface area (Å²) in [7, 11) is 0. The molecule has 5 nitrogen and oxygen atoms in total. The molecule has 5 heteroatoms. The Balaban J connectivity index is 1.13. The zero-order chi connectivity index (χ0) is 46.0. The van der Waals surface area contributed by atoms with E-state index in [0.29, 0.717) is 17.0 Å². The van der Waals surface area contributed by atoms with E-state index < -0.39 is 0 Å². The number of phenolic OH excluding ortho intramolecular Hbond substituents is 1. The van der Waals surface area contributed by atoms with Gasteiger partial charge in [-0.15, -0.1) is 0 Å². The molecule has 0 spiro atoms. The lowest BCUT2D eigenvalue weighted by Gasteiger charge is -2.23. The molecule has 0 atom stereocenters. The largest absolute Gasteiger partial charge is 0.507 e. The van der Waals surface area contributed by atoms with Crippen LogP contribution in [0.3, 0.4) is 0 Å². The number of aromatic hydroxyl groups is 1. The van der Waals surface area contributed by atoms with Crippen molar-refractivity contribution in [3.63, 3.8) is 0 Å². The summed E-state index contributed by atoms with van der Waals surface area (Å²) in [6.45, 7) is 13.5. The smallest absolute Gasteiger partial charge is 0.149 e. The highest BCUT2D eigenvalue weighted by molar-refractivity contribution is 6.07. The van der Waals surface area contributed by atoms with E-state index in [-0.39, 0.29) is 16.6 Å². The maximum atomic E-state index is 12.0. The minimum atomic E-state index is -0.165. The molecule has 11 aromatic rings. The minimum absolute atomic E-state index is 0.0855. The molecule has 0 aliphatic rings. The topological polar surface area (TPSA) is 64.1 Å². The number of para-hydroxylation sites is 2. The van der Waals surface area contributed by atoms with Gasteiger partial charge in [0.15, 0.2) is 0 Å². The summed E-state index contributed by atoms with van der Waals surface area (Å²) in [4.78, 5) is 10.6. The Kier molecular flexibility index (Phi) is 10.0. The van der Waals surface area contributed by atoms with Gasteiger partial charge in [-0.05, 0) is 110 Å². The number of nitrogens with zero attached hydrogens (tertiary/aromatic N) is 3. The molecular formula is C62H51N3O2. The van der Waals surface area contributed by atoms with E-state index in [4.69, 9.17) is 14.4 Å². The molecule has 0 fully saturated rings. The lowest BCUT2D eigenvalue weighted by Crippen LogP contribution is -2.12. The van der Waals surface area contributed by atoms with Crippen LogP contribution in [0.4, 0.5) is 0 Å². The Morgan fingerprint density at radius 2 is 1.10 bits per heavy atom. The van der Waals surface area contributed by atoms with Gasteiger partial charge in [0, 0.05) is 39.7 Å². The van der Waals surface area contributed by atoms with Crippen molar-refractivity contribution in [3.05, 3.63) is 205 Å². The zero-order valence-electron chi connectivity index (χ0n) is 38.7. The molecule has 0 amide bonds. The van der Waals surface area contributed by atoms with Crippen LogP contribution in [0, 0.1) is 0 Å². The van der Waals surface area contributed by atoms with Crippen LogP contribution < -0.4 is 0 Å². The predicted octanol–water partition coefficient (Wildman–Crippen LogP) is 16.6. The van der Waals surface area contributed by atoms with Crippen molar-refractivity contribution in [2.75, 3.05) is 0 Å². The number of furan rings is 1. The van der Waals surface area contributed by atoms with E-state index in [1.807, 2.05) is 36.5 Å². The number of rotatable bonds is 7. The summed E-state index contributed by atoms with van der Waals surface area (Å²) in [6, 6.07) is 65.9. The number of benzene rings is 8. The van der Waals surface area contributed by atoms with Crippen molar-refractivity contribution in [2.24, 2.45) is 0 Å². The SMILES string of the molecule is CC(C)(C)c1cc(-c2cc(-c3ccc(-c4ccccc4)cc3)ccn2)cc(-c2cccc3c2nc(-c2cc4c(cc2O)oc2ccccc24)n3-c2ccc(C(C)(C)C)cc2-c2ccccc2)c1. The van der Waals surface area contributed by atoms with E-state index in [1.165, 1.54) is 22.3 Å². The van der Waals surface area contributed by atoms with Crippen LogP contribution in [0.25, 0.3) is 106 Å². The van der Waals surface area contributed by atoms with Crippen molar-refractivity contribution in [1.82, 2.24) is 14.5 Å². The van der Waals surface area contributed by atoms with Crippen molar-refractivity contribution in [1.29, 1.82) is 0 Å². The Morgan fingerprint density at radius 1 is 0.448 bits per heavy atom. The molecular weight excluding hydrogens is 819 g/mol. The van der Waals surface area contributed by atoms with E-state index >= 15 is 0 Å². The molecule has 0 radical (unpaired) electrons. The first-order valence-corrected chi connectivity index (χ1v) is 23.0. The van der Waals surface area contributed by atoms with Gasteiger partial charge in [-0.3, -0.25) is 9.55 Å². The number of pyridine rings is 1. The summed E-state index contributed by atoms with van der Waals surface area (Å²) in [6.07, 6.45) is 1.91. The highest BCUT2D eigenvalue weighted by atomic mass is 16.3. The van der Waals surface area contributed by atoms with Gasteiger partial charge in [0.05, 0.1) is 28.0 Å². The fourth-order valence-electron chi connectivity index (χ4n) is 9.36. The highest BCUT2D eigenvalue weighted by Gasteiger charge is 2.26. The molecule has 0 saturated carbocycles. The van der Waals surface area contributed by atoms with Gasteiger partial charge in [-0.1, -0.05) is 169 Å². The van der Waals surface area contributed by atoms with Gasteiger partial charge in [-0.25, -0.2) is 4.98 Å². The number of hydrogen-bond donors (Lipinski definition) is 1. The lowest BCUT2D eigenvalue weighted by molar-refractivity contribution is 0.476. The van der Waals surface area contributed by atoms with Crippen LogP contribution in [0.1, 0.15) is 52.7 Å². The molecule has 8 aromatic carbocycles. The zero-order valence-corrected chi connectivity index (χ0v) is 38.7. The number of aromatic nitrogens is 3. The fourth-order valence-corrected chi connectivity index (χ4v) is 9.36. The van der Waals surface area contributed by atoms with Crippen LogP contribution >= 0.6 is 0 Å². The summed E-state index contributed by atoms with van der Waals surface area (Å²) in [5.74, 6) is 0.725. The molecule has 0 unspecified atom stereocenters. The Labute approximate surface area is 391 Å². The van der Waals surface area contributed by atoms with Crippen LogP contribution in [0.5, 0.6) is 5.75 Å². The third kappa shape index (κ3) is 7.66. The normalized spacial score (nSPS) is 12.1. The van der Waals surface area contributed by atoms with Crippen molar-refractivity contribution >= 4 is 33.0 Å². The summed E-state index contributed by atoms with van der Waals surface area (Å²) in [5.41, 5.74) is 17.6. The van der Waals surface area contributed by atoms with E-state index in [2.05, 4.69) is 198 Å². The number of hydrogen-bond acceptors (Lipinski definition) is 4. The number of fused-ring (bicyclic) bond motifs is 4. The standard InChI is InChI=1S/C62H51N3O2/c1-61(2,3)46-28-29-54(50(36-46)42-18-11-8-12-19-42)65-55-22-15-21-48(59(55)64-60(65)52-37-51-49-20-13-14-23-57(49)67-58(51)38-56(52)66)44-32-45(34-47(33-44)62(4,5)6)53-35-43(30-31-63-53)41-26-24-40(25-27-41)39-16-9-7-10-17-39/h7-38,66H,1-6H3. The molecule has 0 aliphatic heterocycles. The molecule has 0 saturated heterocycles. The highest BCUT2D eigenvalue weighted by Crippen LogP contribution is 2.44. The van der Waals surface area contributed by atoms with Gasteiger partial charge in [-0.2, -0.15) is 0 Å². The summed E-state index contributed by atoms with van der Waals surface area (Å²) in [5, 5.41) is 13.9. The minimum Gasteiger partial charge on any atom is -0.507 e. The van der Waals surface area contributed by atoms with Crippen LogP contribution in [-0.4, -0.2) is 19.6 Å². The first kappa shape index (κ1) is 41.7. The second-order valence-electron chi connectivity index (χ2n) is 19.7. The number of phenols is 1. The van der Waals surface area contributed by atoms with Gasteiger partial charge in [0.25, 0.3) is 0 Å². The monoisotopic (exact) mass is 869 g/mol. The van der Waals surface area contributed by atoms with Gasteiger partial charge < -0.3 is 9.52 Å². The third-order valence-corrected chi connectivity index (χ3v) is 13.1. The van der Waals surface area contributed by atoms with E-state index in [9.17, 15) is 5.11 Å². The molecule has 11 rings (SSSR count). The molecule has 3 heterocycles. The lowest BCUT2D eigenvalue weighted by atomic mass is 9.83. The van der Waals surface area contributed by atoms with Crippen molar-refractivity contribution in [3.8, 4) is 78.6 Å². The quantitative estimate of drug-likeness (QED) is 0.173. The fraction of sp³-hybridized carbons (Fsp3) is 0.129. The van der Waals surface area contributed by atoms with Crippen LogP contribution in [0.2, 0.25) is 0 Å². The Bertz CT molecular complexity index is 3640. The third-order valence-electron chi connectivity index (χ3n) is 13.1. The van der Waals surface area contributed by atoms with E-state index in [0.717, 1.165) is 77.7 Å². The molecule has 1 N–H and O–H groups in total. The van der Waals surface area contributed by atoms with Crippen molar-refractivity contribution < 1.29 is 9.52 Å². The first-order chi connectivity index (χ1) is 32.4. The van der Waals surface area contributed by atoms with Crippen LogP contribution in [-0.2, 0) is 10.8 Å². The Hall–Kier alpha value is -8.02. The second-order valence-corrected chi connectivity index (χ2v) is 19.7. The first-order valence-electron chi connectivity index (χ1n) is 23.0. The van der Waals surface area contributed by atoms with Gasteiger partial charge >= 0.3 is 0 Å². The van der Waals surface area contributed by atoms with Gasteiger partial charge in [0.1, 0.15) is 22.7 Å². The average Bonchev–Trinajstić information content (AvgIpc) is 3.91. The molecule has 326 valence electrons. The van der Waals surface area contributed by atoms with Crippen molar-refractivity contribution in [2.45, 2.75) is 52.4 Å². The average molecular weight is 870 g/mol. The van der Waals surface area contributed by atoms with E-state index in [1.54, 1.807) is 6.07 Å². The molecule has 0 aliphatic carbocycles.